The number of carbonyl (C=O) groups is 8. The van der Waals surface area contributed by atoms with Crippen LogP contribution in [0.3, 0.4) is 0 Å². The van der Waals surface area contributed by atoms with E-state index in [1.165, 1.54) is 0 Å². The van der Waals surface area contributed by atoms with E-state index in [9.17, 15) is 81.9 Å². The Labute approximate surface area is 445 Å². The summed E-state index contributed by atoms with van der Waals surface area (Å²) in [6.45, 7) is 8.57. The van der Waals surface area contributed by atoms with Crippen molar-refractivity contribution in [2.75, 3.05) is 0 Å². The van der Waals surface area contributed by atoms with E-state index in [0.29, 0.717) is 26.7 Å². The third-order valence-corrected chi connectivity index (χ3v) is 18.5. The lowest BCUT2D eigenvalue weighted by molar-refractivity contribution is -0.180. The van der Waals surface area contributed by atoms with Crippen molar-refractivity contribution in [3.8, 4) is 0 Å². The van der Waals surface area contributed by atoms with Gasteiger partial charge in [0.05, 0.1) is 25.7 Å². The summed E-state index contributed by atoms with van der Waals surface area (Å²) in [5.74, 6) is -10.9. The molecule has 8 aliphatic rings. The largest absolute Gasteiger partial charge is 0.743 e. The minimum absolute atomic E-state index is 0.166. The molecular weight excluding hydrogens is 1100 g/mol. The molecule has 0 spiro atoms. The number of alkyl halides is 4. The molecule has 14 unspecified atom stereocenters. The molecule has 6 heterocycles. The van der Waals surface area contributed by atoms with Gasteiger partial charge in [0.15, 0.2) is 56.9 Å². The number of hydrogen-bond donors (Lipinski definition) is 0. The molecule has 0 radical (unpaired) electrons. The van der Waals surface area contributed by atoms with Crippen molar-refractivity contribution < 1.29 is 129 Å². The van der Waals surface area contributed by atoms with Crippen molar-refractivity contribution in [1.82, 2.24) is 0 Å². The van der Waals surface area contributed by atoms with Gasteiger partial charge in [0, 0.05) is 0 Å². The Morgan fingerprint density at radius 1 is 0.564 bits per heavy atom. The van der Waals surface area contributed by atoms with Gasteiger partial charge in [-0.2, -0.15) is 17.6 Å². The highest BCUT2D eigenvalue weighted by atomic mass is 32.2. The first-order valence-corrected chi connectivity index (χ1v) is 28.6. The highest BCUT2D eigenvalue weighted by Crippen LogP contribution is 2.54. The minimum Gasteiger partial charge on any atom is -0.743 e. The molecule has 78 heavy (non-hydrogen) atoms. The Kier molecular flexibility index (Phi) is 17.7. The number of esters is 8. The normalized spacial score (nSPS) is 31.2. The first-order chi connectivity index (χ1) is 36.2. The number of halogens is 4. The molecule has 30 heteroatoms. The van der Waals surface area contributed by atoms with Gasteiger partial charge in [0.2, 0.25) is 0 Å². The third-order valence-electron chi connectivity index (χ3n) is 16.5. The first-order valence-electron chi connectivity index (χ1n) is 25.8. The van der Waals surface area contributed by atoms with Crippen molar-refractivity contribution in [2.45, 2.75) is 214 Å². The average Bonchev–Trinajstić information content (AvgIpc) is 4.33. The lowest BCUT2D eigenvalue weighted by Crippen LogP contribution is -2.50. The fraction of sp³-hybridized carbons (Fsp3) is 0.833. The Hall–Kier alpha value is -4.78. The van der Waals surface area contributed by atoms with Crippen LogP contribution in [-0.4, -0.2) is 156 Å². The first kappa shape index (κ1) is 60.9. The zero-order valence-electron chi connectivity index (χ0n) is 43.3. The summed E-state index contributed by atoms with van der Waals surface area (Å²) in [6.07, 6.45) is -6.92. The molecule has 8 fully saturated rings. The van der Waals surface area contributed by atoms with Gasteiger partial charge in [0.1, 0.15) is 59.3 Å². The van der Waals surface area contributed by atoms with E-state index in [1.54, 1.807) is 0 Å². The predicted molar refractivity (Wildman–Crippen MR) is 243 cm³/mol. The van der Waals surface area contributed by atoms with Gasteiger partial charge >= 0.3 is 58.3 Å². The molecule has 2 saturated carbocycles. The van der Waals surface area contributed by atoms with Crippen LogP contribution in [0.2, 0.25) is 0 Å². The number of fused-ring (bicyclic) bond motifs is 2. The number of carbonyl (C=O) groups excluding carboxylic acids is 8. The van der Waals surface area contributed by atoms with Gasteiger partial charge in [-0.1, -0.05) is 39.5 Å². The summed E-state index contributed by atoms with van der Waals surface area (Å²) in [6, 6.07) is 0. The van der Waals surface area contributed by atoms with E-state index in [-0.39, 0.29) is 11.8 Å². The van der Waals surface area contributed by atoms with Crippen LogP contribution in [0.25, 0.3) is 0 Å². The summed E-state index contributed by atoms with van der Waals surface area (Å²) < 4.78 is 172. The Morgan fingerprint density at radius 2 is 0.910 bits per heavy atom. The molecule has 8 rings (SSSR count). The quantitative estimate of drug-likeness (QED) is 0.0650. The molecule has 0 aromatic carbocycles. The Morgan fingerprint density at radius 3 is 1.27 bits per heavy atom. The van der Waals surface area contributed by atoms with Gasteiger partial charge in [-0.3, -0.25) is 38.4 Å². The zero-order chi connectivity index (χ0) is 57.8. The molecule has 4 bridgehead atoms. The van der Waals surface area contributed by atoms with Crippen LogP contribution < -0.4 is 0 Å². The van der Waals surface area contributed by atoms with Gasteiger partial charge in [0.25, 0.3) is 0 Å². The van der Waals surface area contributed by atoms with E-state index in [1.807, 2.05) is 27.7 Å². The second-order valence-electron chi connectivity index (χ2n) is 21.4. The van der Waals surface area contributed by atoms with Crippen molar-refractivity contribution in [3.05, 3.63) is 0 Å². The smallest absolute Gasteiger partial charge is 0.369 e. The molecule has 2 aliphatic carbocycles. The fourth-order valence-corrected chi connectivity index (χ4v) is 13.1. The van der Waals surface area contributed by atoms with E-state index >= 15 is 0 Å². The molecule has 0 amide bonds. The van der Waals surface area contributed by atoms with E-state index < -0.39 is 200 Å². The van der Waals surface area contributed by atoms with Gasteiger partial charge in [-0.25, -0.2) is 16.8 Å². The van der Waals surface area contributed by atoms with Crippen molar-refractivity contribution in [3.63, 3.8) is 0 Å². The van der Waals surface area contributed by atoms with Crippen LogP contribution in [0.4, 0.5) is 17.6 Å². The fourth-order valence-electron chi connectivity index (χ4n) is 12.2. The van der Waals surface area contributed by atoms with Gasteiger partial charge < -0.3 is 56.5 Å². The standard InChI is InChI=1S/C25H34F2O12S.C23H30F2O12S/c1-4-24(5-2,13-8-6-7-9-13)39-23(31)17-16-18-21(38-22(16)30)20(19(17)37-18)36-15(29)11-10-14(28)35-12(3)25(26,27)40(32,33)34;1-10(23(24,25)38(30,31)32)33-12(26)8-9-13(27)34-18-17-15(14-16(35-17)19(18)36-20(14)28)21(29)37-22(2,3)11-6-4-5-7-11/h12-13,16-21H,4-11H2,1-3H3,(H,32,33,34);10-11,14-19H,4-9H2,1-3H3,(H,30,31,32)/p-2. The number of rotatable bonds is 22. The molecule has 24 nitrogen and oxygen atoms in total. The number of ether oxygens (including phenoxy) is 10. The molecule has 6 aliphatic heterocycles. The summed E-state index contributed by atoms with van der Waals surface area (Å²) >= 11 is 0. The molecule has 0 aromatic rings. The van der Waals surface area contributed by atoms with E-state index in [4.69, 9.17) is 37.9 Å². The van der Waals surface area contributed by atoms with Crippen LogP contribution in [-0.2, 0) is 106 Å². The molecule has 0 N–H and O–H groups in total. The summed E-state index contributed by atoms with van der Waals surface area (Å²) in [5, 5.41) is -9.72. The Bertz CT molecular complexity index is 2580. The second kappa shape index (κ2) is 22.6. The highest BCUT2D eigenvalue weighted by Gasteiger charge is 2.74. The highest BCUT2D eigenvalue weighted by molar-refractivity contribution is 7.87. The zero-order valence-corrected chi connectivity index (χ0v) is 44.9. The Balaban J connectivity index is 0.000000226. The second-order valence-corrected chi connectivity index (χ2v) is 24.3. The van der Waals surface area contributed by atoms with E-state index in [2.05, 4.69) is 9.47 Å². The lowest BCUT2D eigenvalue weighted by atomic mass is 9.77. The van der Waals surface area contributed by atoms with Crippen LogP contribution >= 0.6 is 0 Å². The predicted octanol–water partition coefficient (Wildman–Crippen LogP) is 3.18. The van der Waals surface area contributed by atoms with Crippen LogP contribution in [0.1, 0.15) is 131 Å². The van der Waals surface area contributed by atoms with Crippen molar-refractivity contribution in [2.24, 2.45) is 35.5 Å². The van der Waals surface area contributed by atoms with Gasteiger partial charge in [-0.05, 0) is 78.1 Å². The monoisotopic (exact) mass is 1160 g/mol. The van der Waals surface area contributed by atoms with E-state index in [0.717, 1.165) is 51.4 Å². The average molecular weight is 1160 g/mol. The number of hydrogen-bond acceptors (Lipinski definition) is 24. The SMILES string of the molecule is CC(OC(=O)CCC(=O)OC1C2OC(=O)C3C2OC1C3C(=O)OC(C)(C)C1CCCC1)C(F)(F)S(=O)(=O)[O-].CCC(CC)(OC(=O)C1C2OC3C(OC(=O)C31)C2OC(=O)CCC(=O)OC(C)C(F)(F)S(=O)(=O)[O-])C1CCCC1. The maximum absolute atomic E-state index is 13.5. The topological polar surface area (TPSA) is 343 Å². The molecular formula is C48H62F4O24S2-2. The molecule has 6 saturated heterocycles. The molecule has 14 atom stereocenters. The van der Waals surface area contributed by atoms with Crippen molar-refractivity contribution in [1.29, 1.82) is 0 Å². The summed E-state index contributed by atoms with van der Waals surface area (Å²) in [7, 11) is -12.2. The lowest BCUT2D eigenvalue weighted by Gasteiger charge is -2.39. The van der Waals surface area contributed by atoms with Crippen molar-refractivity contribution >= 4 is 68.0 Å². The summed E-state index contributed by atoms with van der Waals surface area (Å²) in [4.78, 5) is 101. The van der Waals surface area contributed by atoms with Crippen LogP contribution in [0.5, 0.6) is 0 Å². The maximum atomic E-state index is 13.5. The summed E-state index contributed by atoms with van der Waals surface area (Å²) in [5.41, 5.74) is -1.47. The molecule has 440 valence electrons. The minimum atomic E-state index is -6.09. The third kappa shape index (κ3) is 11.7. The van der Waals surface area contributed by atoms with Crippen LogP contribution in [0, 0.1) is 35.5 Å². The van der Waals surface area contributed by atoms with Crippen LogP contribution in [0.15, 0.2) is 0 Å². The van der Waals surface area contributed by atoms with Gasteiger partial charge in [-0.15, -0.1) is 0 Å². The maximum Gasteiger partial charge on any atom is 0.369 e. The molecule has 0 aromatic heterocycles.